The van der Waals surface area contributed by atoms with Gasteiger partial charge in [-0.15, -0.1) is 0 Å². The van der Waals surface area contributed by atoms with Crippen molar-refractivity contribution >= 4 is 43.5 Å². The van der Waals surface area contributed by atoms with E-state index in [9.17, 15) is 23.1 Å². The van der Waals surface area contributed by atoms with Gasteiger partial charge in [0.05, 0.1) is 17.0 Å². The molecule has 22 heavy (non-hydrogen) atoms. The van der Waals surface area contributed by atoms with Gasteiger partial charge in [0, 0.05) is 23.4 Å². The van der Waals surface area contributed by atoms with E-state index in [1.165, 1.54) is 11.0 Å². The molecule has 1 aromatic carbocycles. The molecule has 1 aliphatic rings. The molecule has 1 aromatic rings. The molecule has 1 unspecified atom stereocenters. The lowest BCUT2D eigenvalue weighted by molar-refractivity contribution is -0.117. The van der Waals surface area contributed by atoms with Gasteiger partial charge in [0.2, 0.25) is 15.9 Å². The van der Waals surface area contributed by atoms with E-state index in [0.29, 0.717) is 4.47 Å². The Bertz CT molecular complexity index is 747. The van der Waals surface area contributed by atoms with E-state index in [2.05, 4.69) is 15.9 Å². The summed E-state index contributed by atoms with van der Waals surface area (Å²) < 4.78 is 22.8. The number of primary sulfonamides is 1. The smallest absolute Gasteiger partial charge is 0.337 e. The maximum absolute atomic E-state index is 12.2. The number of amides is 1. The highest BCUT2D eigenvalue weighted by atomic mass is 79.9. The summed E-state index contributed by atoms with van der Waals surface area (Å²) in [6, 6.07) is 3.19. The van der Waals surface area contributed by atoms with Crippen LogP contribution in [0.15, 0.2) is 16.6 Å². The Morgan fingerprint density at radius 3 is 2.68 bits per heavy atom. The highest BCUT2D eigenvalue weighted by Crippen LogP contribution is 2.36. The van der Waals surface area contributed by atoms with E-state index in [-0.39, 0.29) is 35.9 Å². The Hall–Kier alpha value is -1.45. The van der Waals surface area contributed by atoms with Gasteiger partial charge < -0.3 is 10.0 Å². The number of aromatic carboxylic acids is 1. The number of aryl methyl sites for hydroxylation is 1. The van der Waals surface area contributed by atoms with Crippen LogP contribution in [-0.2, 0) is 14.8 Å². The van der Waals surface area contributed by atoms with Crippen molar-refractivity contribution in [2.75, 3.05) is 17.2 Å². The number of halogens is 1. The fourth-order valence-corrected chi connectivity index (χ4v) is 4.28. The van der Waals surface area contributed by atoms with Crippen LogP contribution in [0.1, 0.15) is 22.3 Å². The molecule has 1 atom stereocenters. The molecule has 3 N–H and O–H groups in total. The third kappa shape index (κ3) is 3.65. The van der Waals surface area contributed by atoms with Crippen LogP contribution in [0.3, 0.4) is 0 Å². The Morgan fingerprint density at radius 1 is 1.50 bits per heavy atom. The van der Waals surface area contributed by atoms with Crippen molar-refractivity contribution in [2.24, 2.45) is 11.1 Å². The first-order valence-electron chi connectivity index (χ1n) is 6.42. The number of hydrogen-bond acceptors (Lipinski definition) is 4. The van der Waals surface area contributed by atoms with Gasteiger partial charge in [-0.25, -0.2) is 18.4 Å². The topological polar surface area (TPSA) is 118 Å². The van der Waals surface area contributed by atoms with E-state index in [1.807, 2.05) is 0 Å². The summed E-state index contributed by atoms with van der Waals surface area (Å²) in [6.45, 7) is 1.87. The number of hydrogen-bond donors (Lipinski definition) is 2. The SMILES string of the molecule is Cc1cc(Br)c(N2CC(CS(N)(=O)=O)CC2=O)c(C(=O)O)c1. The molecule has 0 bridgehead atoms. The first-order chi connectivity index (χ1) is 10.1. The van der Waals surface area contributed by atoms with Crippen LogP contribution < -0.4 is 10.0 Å². The second kappa shape index (κ2) is 5.98. The Labute approximate surface area is 136 Å². The zero-order chi connectivity index (χ0) is 16.7. The molecular weight excluding hydrogens is 376 g/mol. The number of nitrogens with two attached hydrogens (primary N) is 1. The minimum Gasteiger partial charge on any atom is -0.478 e. The highest BCUT2D eigenvalue weighted by molar-refractivity contribution is 9.10. The van der Waals surface area contributed by atoms with Crippen LogP contribution in [0, 0.1) is 12.8 Å². The molecule has 0 radical (unpaired) electrons. The molecule has 1 amide bonds. The van der Waals surface area contributed by atoms with E-state index in [1.54, 1.807) is 13.0 Å². The molecule has 0 aromatic heterocycles. The fraction of sp³-hybridized carbons (Fsp3) is 0.385. The summed E-state index contributed by atoms with van der Waals surface area (Å²) in [5.41, 5.74) is 0.984. The molecule has 1 saturated heterocycles. The minimum absolute atomic E-state index is 0.00326. The quantitative estimate of drug-likeness (QED) is 0.797. The monoisotopic (exact) mass is 390 g/mol. The number of rotatable bonds is 4. The van der Waals surface area contributed by atoms with Crippen LogP contribution in [0.4, 0.5) is 5.69 Å². The van der Waals surface area contributed by atoms with Crippen molar-refractivity contribution in [1.82, 2.24) is 0 Å². The number of carbonyl (C=O) groups is 2. The van der Waals surface area contributed by atoms with Crippen molar-refractivity contribution in [1.29, 1.82) is 0 Å². The molecular formula is C13H15BrN2O5S. The minimum atomic E-state index is -3.69. The third-order valence-electron chi connectivity index (χ3n) is 3.38. The Balaban J connectivity index is 2.40. The van der Waals surface area contributed by atoms with Gasteiger partial charge in [0.15, 0.2) is 0 Å². The zero-order valence-electron chi connectivity index (χ0n) is 11.7. The number of sulfonamides is 1. The molecule has 0 saturated carbocycles. The number of carboxylic acid groups (broad SMARTS) is 1. The predicted molar refractivity (Wildman–Crippen MR) is 84.3 cm³/mol. The summed E-state index contributed by atoms with van der Waals surface area (Å²) >= 11 is 3.28. The first kappa shape index (κ1) is 16.9. The van der Waals surface area contributed by atoms with Crippen LogP contribution in [0.25, 0.3) is 0 Å². The number of anilines is 1. The fourth-order valence-electron chi connectivity index (χ4n) is 2.61. The second-order valence-electron chi connectivity index (χ2n) is 5.35. The average molecular weight is 391 g/mol. The normalized spacial score (nSPS) is 18.8. The summed E-state index contributed by atoms with van der Waals surface area (Å²) in [7, 11) is -3.69. The van der Waals surface area contributed by atoms with E-state index in [0.717, 1.165) is 5.56 Å². The molecule has 2 rings (SSSR count). The van der Waals surface area contributed by atoms with Gasteiger partial charge in [0.25, 0.3) is 0 Å². The first-order valence-corrected chi connectivity index (χ1v) is 8.93. The summed E-state index contributed by atoms with van der Waals surface area (Å²) in [5, 5.41) is 14.4. The Kier molecular flexibility index (Phi) is 4.59. The number of carboxylic acids is 1. The van der Waals surface area contributed by atoms with E-state index < -0.39 is 21.9 Å². The molecule has 0 aliphatic carbocycles. The van der Waals surface area contributed by atoms with Crippen LogP contribution >= 0.6 is 15.9 Å². The standard InChI is InChI=1S/C13H15BrN2O5S/c1-7-2-9(13(18)19)12(10(14)3-7)16-5-8(4-11(16)17)6-22(15,20)21/h2-3,8H,4-6H2,1H3,(H,18,19)(H2,15,20,21). The van der Waals surface area contributed by atoms with E-state index in [4.69, 9.17) is 5.14 Å². The van der Waals surface area contributed by atoms with Crippen molar-refractivity contribution in [2.45, 2.75) is 13.3 Å². The largest absolute Gasteiger partial charge is 0.478 e. The number of nitrogens with zero attached hydrogens (tertiary/aromatic N) is 1. The van der Waals surface area contributed by atoms with Gasteiger partial charge in [-0.1, -0.05) is 0 Å². The lowest BCUT2D eigenvalue weighted by atomic mass is 10.1. The van der Waals surface area contributed by atoms with Crippen LogP contribution in [-0.4, -0.2) is 37.7 Å². The van der Waals surface area contributed by atoms with Gasteiger partial charge in [-0.2, -0.15) is 0 Å². The molecule has 0 spiro atoms. The zero-order valence-corrected chi connectivity index (χ0v) is 14.1. The van der Waals surface area contributed by atoms with Crippen LogP contribution in [0.5, 0.6) is 0 Å². The third-order valence-corrected chi connectivity index (χ3v) is 4.92. The number of benzene rings is 1. The van der Waals surface area contributed by atoms with Gasteiger partial charge >= 0.3 is 5.97 Å². The predicted octanol–water partition coefficient (Wildman–Crippen LogP) is 1.10. The average Bonchev–Trinajstić information content (AvgIpc) is 2.66. The van der Waals surface area contributed by atoms with Crippen molar-refractivity contribution in [3.05, 3.63) is 27.7 Å². The van der Waals surface area contributed by atoms with Gasteiger partial charge in [-0.3, -0.25) is 4.79 Å². The van der Waals surface area contributed by atoms with Crippen molar-refractivity contribution in [3.8, 4) is 0 Å². The van der Waals surface area contributed by atoms with Crippen LogP contribution in [0.2, 0.25) is 0 Å². The lowest BCUT2D eigenvalue weighted by Crippen LogP contribution is -2.29. The molecule has 1 aliphatic heterocycles. The molecule has 120 valence electrons. The Morgan fingerprint density at radius 2 is 2.14 bits per heavy atom. The number of carbonyl (C=O) groups excluding carboxylic acids is 1. The molecule has 9 heteroatoms. The van der Waals surface area contributed by atoms with Gasteiger partial charge in [-0.05, 0) is 40.5 Å². The molecule has 7 nitrogen and oxygen atoms in total. The highest BCUT2D eigenvalue weighted by Gasteiger charge is 2.35. The maximum atomic E-state index is 12.2. The molecule has 1 fully saturated rings. The maximum Gasteiger partial charge on any atom is 0.337 e. The molecule has 1 heterocycles. The summed E-state index contributed by atoms with van der Waals surface area (Å²) in [4.78, 5) is 24.9. The van der Waals surface area contributed by atoms with Gasteiger partial charge in [0.1, 0.15) is 0 Å². The summed E-state index contributed by atoms with van der Waals surface area (Å²) in [6.07, 6.45) is 0.0236. The lowest BCUT2D eigenvalue weighted by Gasteiger charge is -2.21. The second-order valence-corrected chi connectivity index (χ2v) is 7.87. The summed E-state index contributed by atoms with van der Waals surface area (Å²) in [5.74, 6) is -2.22. The van der Waals surface area contributed by atoms with Crippen molar-refractivity contribution in [3.63, 3.8) is 0 Å². The van der Waals surface area contributed by atoms with E-state index >= 15 is 0 Å². The van der Waals surface area contributed by atoms with Crippen molar-refractivity contribution < 1.29 is 23.1 Å².